The Bertz CT molecular complexity index is 546. The Labute approximate surface area is 135 Å². The van der Waals surface area contributed by atoms with E-state index in [0.29, 0.717) is 17.7 Å². The van der Waals surface area contributed by atoms with Crippen molar-refractivity contribution in [2.24, 2.45) is 0 Å². The maximum absolute atomic E-state index is 6.18. The third-order valence-electron chi connectivity index (χ3n) is 3.66. The second kappa shape index (κ2) is 7.28. The summed E-state index contributed by atoms with van der Waals surface area (Å²) in [6, 6.07) is 17.3. The Morgan fingerprint density at radius 1 is 1.00 bits per heavy atom. The minimum absolute atomic E-state index is 0.345. The summed E-state index contributed by atoms with van der Waals surface area (Å²) in [6.07, 6.45) is 0.977. The largest absolute Gasteiger partial charge is 0.126 e. The third-order valence-corrected chi connectivity index (χ3v) is 4.75. The summed E-state index contributed by atoms with van der Waals surface area (Å²) in [7, 11) is 0. The Morgan fingerprint density at radius 2 is 1.65 bits per heavy atom. The van der Waals surface area contributed by atoms with Crippen molar-refractivity contribution < 1.29 is 0 Å². The highest BCUT2D eigenvalue weighted by Crippen LogP contribution is 2.29. The highest BCUT2D eigenvalue weighted by molar-refractivity contribution is 9.10. The fourth-order valence-corrected chi connectivity index (χ4v) is 3.26. The quantitative estimate of drug-likeness (QED) is 0.568. The van der Waals surface area contributed by atoms with Crippen LogP contribution in [0.3, 0.4) is 0 Å². The van der Waals surface area contributed by atoms with Gasteiger partial charge in [0.2, 0.25) is 0 Å². The van der Waals surface area contributed by atoms with Gasteiger partial charge in [0.05, 0.1) is 0 Å². The maximum atomic E-state index is 6.18. The molecule has 0 bridgehead atoms. The van der Waals surface area contributed by atoms with E-state index in [4.69, 9.17) is 11.6 Å². The van der Waals surface area contributed by atoms with Crippen molar-refractivity contribution in [2.75, 3.05) is 5.88 Å². The monoisotopic (exact) mass is 350 g/mol. The van der Waals surface area contributed by atoms with Crippen LogP contribution in [-0.2, 0) is 6.42 Å². The lowest BCUT2D eigenvalue weighted by atomic mass is 9.92. The Balaban J connectivity index is 2.16. The number of rotatable bonds is 5. The van der Waals surface area contributed by atoms with E-state index in [-0.39, 0.29) is 0 Å². The van der Waals surface area contributed by atoms with Crippen LogP contribution < -0.4 is 0 Å². The highest BCUT2D eigenvalue weighted by Gasteiger charge is 2.14. The van der Waals surface area contributed by atoms with E-state index in [1.165, 1.54) is 16.7 Å². The molecule has 0 aliphatic carbocycles. The van der Waals surface area contributed by atoms with E-state index in [0.717, 1.165) is 10.9 Å². The molecule has 0 amide bonds. The molecule has 0 saturated carbocycles. The van der Waals surface area contributed by atoms with Gasteiger partial charge in [-0.15, -0.1) is 11.6 Å². The molecule has 2 aromatic rings. The second-order valence-electron chi connectivity index (χ2n) is 5.47. The van der Waals surface area contributed by atoms with Crippen LogP contribution in [0.25, 0.3) is 0 Å². The zero-order chi connectivity index (χ0) is 14.5. The molecule has 0 nitrogen and oxygen atoms in total. The molecule has 2 heteroatoms. The molecule has 2 rings (SSSR count). The van der Waals surface area contributed by atoms with E-state index in [2.05, 4.69) is 72.2 Å². The van der Waals surface area contributed by atoms with Gasteiger partial charge in [-0.1, -0.05) is 72.2 Å². The lowest BCUT2D eigenvalue weighted by Crippen LogP contribution is -2.05. The smallest absolute Gasteiger partial charge is 0.0295 e. The fourth-order valence-electron chi connectivity index (χ4n) is 2.38. The lowest BCUT2D eigenvalue weighted by Gasteiger charge is -2.16. The van der Waals surface area contributed by atoms with Gasteiger partial charge in [-0.05, 0) is 35.1 Å². The molecular weight excluding hydrogens is 332 g/mol. The predicted molar refractivity (Wildman–Crippen MR) is 91.8 cm³/mol. The molecular formula is C18H20BrCl. The Kier molecular flexibility index (Phi) is 5.68. The number of alkyl halides is 1. The van der Waals surface area contributed by atoms with Crippen LogP contribution >= 0.6 is 27.5 Å². The normalized spacial score (nSPS) is 12.7. The van der Waals surface area contributed by atoms with Crippen LogP contribution in [0.4, 0.5) is 0 Å². The van der Waals surface area contributed by atoms with Crippen LogP contribution in [0.2, 0.25) is 0 Å². The van der Waals surface area contributed by atoms with Crippen molar-refractivity contribution in [3.63, 3.8) is 0 Å². The molecule has 106 valence electrons. The van der Waals surface area contributed by atoms with E-state index >= 15 is 0 Å². The summed E-state index contributed by atoms with van der Waals surface area (Å²) < 4.78 is 1.14. The molecule has 2 aromatic carbocycles. The second-order valence-corrected chi connectivity index (χ2v) is 6.64. The summed E-state index contributed by atoms with van der Waals surface area (Å²) in [6.45, 7) is 4.44. The molecule has 0 saturated heterocycles. The van der Waals surface area contributed by atoms with Crippen LogP contribution in [-0.4, -0.2) is 5.88 Å². The molecule has 1 atom stereocenters. The number of benzene rings is 2. The van der Waals surface area contributed by atoms with E-state index < -0.39 is 0 Å². The Morgan fingerprint density at radius 3 is 2.20 bits per heavy atom. The van der Waals surface area contributed by atoms with Gasteiger partial charge < -0.3 is 0 Å². The van der Waals surface area contributed by atoms with E-state index in [1.54, 1.807) is 0 Å². The molecule has 0 heterocycles. The minimum atomic E-state index is 0.345. The number of hydrogen-bond acceptors (Lipinski definition) is 0. The molecule has 0 fully saturated rings. The standard InChI is InChI=1S/C18H20BrCl/c1-13(2)15-9-7-14(8-10-15)11-16(12-20)17-5-3-4-6-18(17)19/h3-10,13,16H,11-12H2,1-2H3. The van der Waals surface area contributed by atoms with Crippen molar-refractivity contribution in [2.45, 2.75) is 32.1 Å². The van der Waals surface area contributed by atoms with E-state index in [1.807, 2.05) is 6.07 Å². The van der Waals surface area contributed by atoms with Gasteiger partial charge in [0.15, 0.2) is 0 Å². The number of hydrogen-bond donors (Lipinski definition) is 0. The average Bonchev–Trinajstić information content (AvgIpc) is 2.46. The zero-order valence-corrected chi connectivity index (χ0v) is 14.3. The van der Waals surface area contributed by atoms with Gasteiger partial charge in [0.25, 0.3) is 0 Å². The summed E-state index contributed by atoms with van der Waals surface area (Å²) in [5, 5.41) is 0. The van der Waals surface area contributed by atoms with Crippen molar-refractivity contribution in [1.82, 2.24) is 0 Å². The molecule has 0 aliphatic rings. The summed E-state index contributed by atoms with van der Waals surface area (Å²) >= 11 is 9.81. The van der Waals surface area contributed by atoms with Gasteiger partial charge in [-0.3, -0.25) is 0 Å². The Hall–Kier alpha value is -0.790. The molecule has 0 aromatic heterocycles. The molecule has 20 heavy (non-hydrogen) atoms. The first-order chi connectivity index (χ1) is 9.61. The van der Waals surface area contributed by atoms with Crippen molar-refractivity contribution in [1.29, 1.82) is 0 Å². The van der Waals surface area contributed by atoms with Gasteiger partial charge in [0, 0.05) is 16.3 Å². The SMILES string of the molecule is CC(C)c1ccc(CC(CCl)c2ccccc2Br)cc1. The number of halogens is 2. The van der Waals surface area contributed by atoms with E-state index in [9.17, 15) is 0 Å². The first kappa shape index (κ1) is 15.6. The minimum Gasteiger partial charge on any atom is -0.126 e. The predicted octanol–water partition coefficient (Wildman–Crippen LogP) is 6.14. The van der Waals surface area contributed by atoms with Crippen LogP contribution in [0.1, 0.15) is 42.4 Å². The third kappa shape index (κ3) is 3.86. The van der Waals surface area contributed by atoms with Crippen molar-refractivity contribution in [3.8, 4) is 0 Å². The summed E-state index contributed by atoms with van der Waals surface area (Å²) in [5.41, 5.74) is 4.02. The lowest BCUT2D eigenvalue weighted by molar-refractivity contribution is 0.761. The molecule has 0 aliphatic heterocycles. The molecule has 0 N–H and O–H groups in total. The maximum Gasteiger partial charge on any atom is 0.0295 e. The zero-order valence-electron chi connectivity index (χ0n) is 11.9. The molecule has 1 unspecified atom stereocenters. The van der Waals surface area contributed by atoms with Crippen LogP contribution in [0, 0.1) is 0 Å². The average molecular weight is 352 g/mol. The molecule has 0 spiro atoms. The van der Waals surface area contributed by atoms with Crippen molar-refractivity contribution in [3.05, 3.63) is 69.7 Å². The topological polar surface area (TPSA) is 0 Å². The first-order valence-electron chi connectivity index (χ1n) is 7.01. The van der Waals surface area contributed by atoms with Gasteiger partial charge in [0.1, 0.15) is 0 Å². The molecule has 0 radical (unpaired) electrons. The van der Waals surface area contributed by atoms with Crippen LogP contribution in [0.5, 0.6) is 0 Å². The van der Waals surface area contributed by atoms with Crippen LogP contribution in [0.15, 0.2) is 53.0 Å². The van der Waals surface area contributed by atoms with Gasteiger partial charge in [-0.25, -0.2) is 0 Å². The highest BCUT2D eigenvalue weighted by atomic mass is 79.9. The van der Waals surface area contributed by atoms with Crippen molar-refractivity contribution >= 4 is 27.5 Å². The summed E-state index contributed by atoms with van der Waals surface area (Å²) in [4.78, 5) is 0. The first-order valence-corrected chi connectivity index (χ1v) is 8.33. The van der Waals surface area contributed by atoms with Gasteiger partial charge >= 0.3 is 0 Å². The summed E-state index contributed by atoms with van der Waals surface area (Å²) in [5.74, 6) is 1.56. The van der Waals surface area contributed by atoms with Gasteiger partial charge in [-0.2, -0.15) is 0 Å². The fraction of sp³-hybridized carbons (Fsp3) is 0.333.